The first-order valence-corrected chi connectivity index (χ1v) is 8.07. The van der Waals surface area contributed by atoms with E-state index in [0.717, 1.165) is 18.5 Å². The van der Waals surface area contributed by atoms with Gasteiger partial charge in [-0.3, -0.25) is 14.6 Å². The number of likely N-dealkylation sites (tertiary alicyclic amines) is 1. The number of hydrogen-bond acceptors (Lipinski definition) is 5. The van der Waals surface area contributed by atoms with Crippen LogP contribution in [0.5, 0.6) is 0 Å². The van der Waals surface area contributed by atoms with Crippen LogP contribution in [0.3, 0.4) is 0 Å². The van der Waals surface area contributed by atoms with Crippen molar-refractivity contribution in [3.05, 3.63) is 41.9 Å². The van der Waals surface area contributed by atoms with Crippen molar-refractivity contribution in [3.8, 4) is 0 Å². The van der Waals surface area contributed by atoms with Gasteiger partial charge in [-0.05, 0) is 31.9 Å². The summed E-state index contributed by atoms with van der Waals surface area (Å²) in [5, 5.41) is 4.21. The van der Waals surface area contributed by atoms with E-state index in [2.05, 4.69) is 10.1 Å². The van der Waals surface area contributed by atoms with Gasteiger partial charge in [0.25, 0.3) is 0 Å². The number of aryl methyl sites for hydroxylation is 1. The Labute approximate surface area is 140 Å². The van der Waals surface area contributed by atoms with E-state index in [4.69, 9.17) is 5.73 Å². The quantitative estimate of drug-likeness (QED) is 0.854. The minimum atomic E-state index is -0.200. The van der Waals surface area contributed by atoms with Gasteiger partial charge in [0.05, 0.1) is 5.69 Å². The molecule has 1 fully saturated rings. The van der Waals surface area contributed by atoms with Crippen molar-refractivity contribution >= 4 is 17.5 Å². The van der Waals surface area contributed by atoms with E-state index in [0.29, 0.717) is 24.6 Å². The molecule has 126 valence electrons. The molecule has 0 bridgehead atoms. The number of Topliss-reactive ketones (excluding diaryl/α,β-unsaturated/α-hetero) is 1. The number of carbonyl (C=O) groups is 2. The summed E-state index contributed by atoms with van der Waals surface area (Å²) >= 11 is 0. The van der Waals surface area contributed by atoms with Gasteiger partial charge in [-0.2, -0.15) is 5.10 Å². The van der Waals surface area contributed by atoms with Crippen molar-refractivity contribution in [3.63, 3.8) is 0 Å². The highest BCUT2D eigenvalue weighted by Crippen LogP contribution is 2.21. The highest BCUT2D eigenvalue weighted by Gasteiger charge is 2.29. The van der Waals surface area contributed by atoms with Crippen molar-refractivity contribution in [1.82, 2.24) is 19.7 Å². The van der Waals surface area contributed by atoms with E-state index >= 15 is 0 Å². The summed E-state index contributed by atoms with van der Waals surface area (Å²) in [6.07, 6.45) is 3.20. The van der Waals surface area contributed by atoms with Gasteiger partial charge in [0.1, 0.15) is 18.1 Å². The fourth-order valence-corrected chi connectivity index (χ4v) is 3.06. The number of piperidine rings is 1. The smallest absolute Gasteiger partial charge is 0.244 e. The van der Waals surface area contributed by atoms with Crippen LogP contribution in [-0.4, -0.2) is 44.4 Å². The van der Waals surface area contributed by atoms with Crippen LogP contribution in [0.25, 0.3) is 0 Å². The van der Waals surface area contributed by atoms with Gasteiger partial charge in [0.15, 0.2) is 5.78 Å². The lowest BCUT2D eigenvalue weighted by atomic mass is 9.92. The second-order valence-corrected chi connectivity index (χ2v) is 6.13. The number of rotatable bonds is 4. The molecule has 24 heavy (non-hydrogen) atoms. The van der Waals surface area contributed by atoms with Crippen LogP contribution in [0.2, 0.25) is 0 Å². The lowest BCUT2D eigenvalue weighted by molar-refractivity contribution is -0.133. The van der Waals surface area contributed by atoms with Crippen molar-refractivity contribution < 1.29 is 9.59 Å². The average Bonchev–Trinajstić information content (AvgIpc) is 2.92. The Bertz CT molecular complexity index is 741. The monoisotopic (exact) mass is 327 g/mol. The van der Waals surface area contributed by atoms with Crippen LogP contribution in [0.4, 0.5) is 5.82 Å². The SMILES string of the molecule is Cc1cc(N)n(CC(=O)N2CCCC(C(=O)c3ccccn3)C2)n1. The number of aromatic nitrogens is 3. The fourth-order valence-electron chi connectivity index (χ4n) is 3.06. The van der Waals surface area contributed by atoms with Gasteiger partial charge in [-0.1, -0.05) is 6.07 Å². The summed E-state index contributed by atoms with van der Waals surface area (Å²) in [5.74, 6) is 0.208. The normalized spacial score (nSPS) is 17.7. The third-order valence-electron chi connectivity index (χ3n) is 4.28. The number of ketones is 1. The Morgan fingerprint density at radius 3 is 2.88 bits per heavy atom. The molecule has 1 unspecified atom stereocenters. The Kier molecular flexibility index (Phi) is 4.59. The van der Waals surface area contributed by atoms with Crippen molar-refractivity contribution in [2.45, 2.75) is 26.3 Å². The van der Waals surface area contributed by atoms with Crippen LogP contribution < -0.4 is 5.73 Å². The number of nitrogens with two attached hydrogens (primary N) is 1. The molecular weight excluding hydrogens is 306 g/mol. The molecule has 2 aromatic heterocycles. The maximum Gasteiger partial charge on any atom is 0.244 e. The van der Waals surface area contributed by atoms with Crippen LogP contribution in [0, 0.1) is 12.8 Å². The van der Waals surface area contributed by atoms with Gasteiger partial charge in [-0.25, -0.2) is 4.68 Å². The number of carbonyl (C=O) groups excluding carboxylic acids is 2. The largest absolute Gasteiger partial charge is 0.384 e. The third kappa shape index (κ3) is 3.45. The molecule has 3 heterocycles. The molecule has 0 saturated carbocycles. The molecule has 1 aliphatic heterocycles. The number of nitrogen functional groups attached to an aromatic ring is 1. The third-order valence-corrected chi connectivity index (χ3v) is 4.28. The predicted octanol–water partition coefficient (Wildman–Crippen LogP) is 1.29. The first-order valence-electron chi connectivity index (χ1n) is 8.07. The van der Waals surface area contributed by atoms with Crippen LogP contribution in [0.15, 0.2) is 30.5 Å². The van der Waals surface area contributed by atoms with Gasteiger partial charge >= 0.3 is 0 Å². The molecule has 1 aliphatic rings. The van der Waals surface area contributed by atoms with Crippen LogP contribution in [0.1, 0.15) is 29.0 Å². The Balaban J connectivity index is 1.66. The molecular formula is C17H21N5O2. The van der Waals surface area contributed by atoms with Crippen molar-refractivity contribution in [2.75, 3.05) is 18.8 Å². The zero-order valence-corrected chi connectivity index (χ0v) is 13.7. The number of hydrogen-bond donors (Lipinski definition) is 1. The van der Waals surface area contributed by atoms with E-state index in [1.54, 1.807) is 35.4 Å². The standard InChI is InChI=1S/C17H21N5O2/c1-12-9-15(18)22(20-12)11-16(23)21-8-4-5-13(10-21)17(24)14-6-2-3-7-19-14/h2-3,6-7,9,13H,4-5,8,10-11,18H2,1H3. The molecule has 0 spiro atoms. The van der Waals surface area contributed by atoms with E-state index in [9.17, 15) is 9.59 Å². The molecule has 7 nitrogen and oxygen atoms in total. The maximum atomic E-state index is 12.5. The molecule has 1 atom stereocenters. The van der Waals surface area contributed by atoms with E-state index in [1.807, 2.05) is 6.92 Å². The first kappa shape index (κ1) is 16.2. The Hall–Kier alpha value is -2.70. The van der Waals surface area contributed by atoms with E-state index in [-0.39, 0.29) is 24.2 Å². The number of amides is 1. The Morgan fingerprint density at radius 2 is 2.21 bits per heavy atom. The second-order valence-electron chi connectivity index (χ2n) is 6.13. The van der Waals surface area contributed by atoms with Gasteiger partial charge in [0, 0.05) is 31.3 Å². The molecule has 1 saturated heterocycles. The van der Waals surface area contributed by atoms with Crippen molar-refractivity contribution in [1.29, 1.82) is 0 Å². The average molecular weight is 327 g/mol. The molecule has 3 rings (SSSR count). The summed E-state index contributed by atoms with van der Waals surface area (Å²) in [7, 11) is 0. The number of anilines is 1. The summed E-state index contributed by atoms with van der Waals surface area (Å²) in [6.45, 7) is 3.02. The zero-order chi connectivity index (χ0) is 17.1. The van der Waals surface area contributed by atoms with E-state index in [1.165, 1.54) is 4.68 Å². The molecule has 2 N–H and O–H groups in total. The lowest BCUT2D eigenvalue weighted by Crippen LogP contribution is -2.44. The molecule has 2 aromatic rings. The van der Waals surface area contributed by atoms with Gasteiger partial charge in [0.2, 0.25) is 5.91 Å². The molecule has 7 heteroatoms. The minimum absolute atomic E-state index is 0.00236. The highest BCUT2D eigenvalue weighted by atomic mass is 16.2. The maximum absolute atomic E-state index is 12.5. The molecule has 0 aromatic carbocycles. The summed E-state index contributed by atoms with van der Waals surface area (Å²) in [5.41, 5.74) is 7.08. The topological polar surface area (TPSA) is 94.1 Å². The molecule has 0 radical (unpaired) electrons. The first-order chi connectivity index (χ1) is 11.5. The predicted molar refractivity (Wildman–Crippen MR) is 89.2 cm³/mol. The Morgan fingerprint density at radius 1 is 1.38 bits per heavy atom. The molecule has 1 amide bonds. The molecule has 0 aliphatic carbocycles. The van der Waals surface area contributed by atoms with Crippen LogP contribution >= 0.6 is 0 Å². The summed E-state index contributed by atoms with van der Waals surface area (Å²) in [4.78, 5) is 30.9. The summed E-state index contributed by atoms with van der Waals surface area (Å²) < 4.78 is 1.50. The lowest BCUT2D eigenvalue weighted by Gasteiger charge is -2.32. The number of pyridine rings is 1. The van der Waals surface area contributed by atoms with E-state index < -0.39 is 0 Å². The second kappa shape index (κ2) is 6.82. The fraction of sp³-hybridized carbons (Fsp3) is 0.412. The van der Waals surface area contributed by atoms with Gasteiger partial charge < -0.3 is 10.6 Å². The zero-order valence-electron chi connectivity index (χ0n) is 13.7. The highest BCUT2D eigenvalue weighted by molar-refractivity contribution is 5.96. The summed E-state index contributed by atoms with van der Waals surface area (Å²) in [6, 6.07) is 7.03. The minimum Gasteiger partial charge on any atom is -0.384 e. The van der Waals surface area contributed by atoms with Crippen molar-refractivity contribution in [2.24, 2.45) is 5.92 Å². The number of nitrogens with zero attached hydrogens (tertiary/aromatic N) is 4. The van der Waals surface area contributed by atoms with Crippen LogP contribution in [-0.2, 0) is 11.3 Å². The van der Waals surface area contributed by atoms with Gasteiger partial charge in [-0.15, -0.1) is 0 Å².